The largest absolute Gasteiger partial charge is 0.481 e. The molecular formula is C44H64N2O6. The maximum Gasteiger partial charge on any atom is 0.309 e. The molecule has 0 spiro atoms. The average Bonchev–Trinajstić information content (AvgIpc) is 3.37. The number of amides is 1. The van der Waals surface area contributed by atoms with Gasteiger partial charge in [0.05, 0.1) is 11.8 Å². The second-order valence-electron chi connectivity index (χ2n) is 19.9. The second-order valence-corrected chi connectivity index (χ2v) is 19.9. The predicted molar refractivity (Wildman–Crippen MR) is 201 cm³/mol. The predicted octanol–water partition coefficient (Wildman–Crippen LogP) is 8.94. The number of carbonyl (C=O) groups excluding carboxylic acids is 3. The number of allylic oxidation sites excluding steroid dienone is 2. The van der Waals surface area contributed by atoms with Crippen molar-refractivity contribution in [2.75, 3.05) is 13.6 Å². The van der Waals surface area contributed by atoms with Gasteiger partial charge in [-0.25, -0.2) is 0 Å². The molecule has 0 bridgehead atoms. The van der Waals surface area contributed by atoms with Gasteiger partial charge in [-0.05, 0) is 129 Å². The number of hydrogen-bond donors (Lipinski definition) is 1. The summed E-state index contributed by atoms with van der Waals surface area (Å²) in [4.78, 5) is 58.3. The van der Waals surface area contributed by atoms with E-state index in [1.807, 2.05) is 19.2 Å². The van der Waals surface area contributed by atoms with Crippen LogP contribution in [0.5, 0.6) is 0 Å². The number of nitrogens with zero attached hydrogens (tertiary/aromatic N) is 2. The van der Waals surface area contributed by atoms with E-state index in [9.17, 15) is 24.3 Å². The van der Waals surface area contributed by atoms with Crippen LogP contribution in [0.25, 0.3) is 0 Å². The van der Waals surface area contributed by atoms with Crippen molar-refractivity contribution in [1.29, 1.82) is 0 Å². The normalized spacial score (nSPS) is 36.7. The summed E-state index contributed by atoms with van der Waals surface area (Å²) in [5.41, 5.74) is 1.57. The quantitative estimate of drug-likeness (QED) is 0.254. The van der Waals surface area contributed by atoms with Crippen LogP contribution in [0.15, 0.2) is 35.5 Å². The number of ketones is 1. The van der Waals surface area contributed by atoms with E-state index in [1.165, 1.54) is 5.57 Å². The lowest BCUT2D eigenvalue weighted by Gasteiger charge is -2.72. The third-order valence-electron chi connectivity index (χ3n) is 16.1. The van der Waals surface area contributed by atoms with E-state index in [0.29, 0.717) is 42.2 Å². The summed E-state index contributed by atoms with van der Waals surface area (Å²) < 4.78 is 6.17. The van der Waals surface area contributed by atoms with Crippen LogP contribution in [0.4, 0.5) is 0 Å². The number of Topliss-reactive ketones (excluding diaryl/α,β-unsaturated/α-hetero) is 1. The molecule has 6 rings (SSSR count). The molecule has 8 nitrogen and oxygen atoms in total. The molecule has 0 aliphatic heterocycles. The molecule has 286 valence electrons. The Bertz CT molecular complexity index is 1650. The molecule has 0 aromatic carbocycles. The zero-order valence-electron chi connectivity index (χ0n) is 33.6. The number of pyridine rings is 1. The molecule has 4 saturated carbocycles. The first-order valence-electron chi connectivity index (χ1n) is 20.0. The van der Waals surface area contributed by atoms with Gasteiger partial charge in [-0.15, -0.1) is 0 Å². The summed E-state index contributed by atoms with van der Waals surface area (Å²) in [5.74, 6) is 0.230. The van der Waals surface area contributed by atoms with Crippen molar-refractivity contribution in [3.63, 3.8) is 0 Å². The smallest absolute Gasteiger partial charge is 0.309 e. The molecule has 4 fully saturated rings. The number of carbonyl (C=O) groups is 4. The van der Waals surface area contributed by atoms with Gasteiger partial charge < -0.3 is 14.7 Å². The number of carboxylic acid groups (broad SMARTS) is 1. The highest BCUT2D eigenvalue weighted by Crippen LogP contribution is 2.77. The van der Waals surface area contributed by atoms with Crippen molar-refractivity contribution >= 4 is 23.6 Å². The zero-order chi connectivity index (χ0) is 38.2. The summed E-state index contributed by atoms with van der Waals surface area (Å²) in [6, 6.07) is 5.43. The number of ether oxygens (including phenoxy) is 1. The van der Waals surface area contributed by atoms with Gasteiger partial charge in [-0.2, -0.15) is 0 Å². The summed E-state index contributed by atoms with van der Waals surface area (Å²) in [5, 5.41) is 9.61. The first kappa shape index (κ1) is 38.7. The topological polar surface area (TPSA) is 114 Å². The highest BCUT2D eigenvalue weighted by Gasteiger charge is 2.70. The number of aromatic nitrogens is 1. The lowest BCUT2D eigenvalue weighted by Crippen LogP contribution is -2.65. The number of hydrogen-bond acceptors (Lipinski definition) is 6. The Morgan fingerprint density at radius 1 is 0.962 bits per heavy atom. The van der Waals surface area contributed by atoms with E-state index in [2.05, 4.69) is 53.5 Å². The Morgan fingerprint density at radius 2 is 1.67 bits per heavy atom. The minimum absolute atomic E-state index is 0.0407. The van der Waals surface area contributed by atoms with E-state index in [1.54, 1.807) is 31.0 Å². The Balaban J connectivity index is 1.26. The molecular weight excluding hydrogens is 652 g/mol. The van der Waals surface area contributed by atoms with Gasteiger partial charge in [0.15, 0.2) is 5.78 Å². The van der Waals surface area contributed by atoms with E-state index in [4.69, 9.17) is 4.74 Å². The van der Waals surface area contributed by atoms with Crippen molar-refractivity contribution in [3.8, 4) is 0 Å². The van der Waals surface area contributed by atoms with Crippen molar-refractivity contribution in [1.82, 2.24) is 9.88 Å². The van der Waals surface area contributed by atoms with Crippen molar-refractivity contribution in [3.05, 3.63) is 41.2 Å². The first-order chi connectivity index (χ1) is 24.1. The molecule has 2 unspecified atom stereocenters. The first-order valence-corrected chi connectivity index (χ1v) is 20.0. The van der Waals surface area contributed by atoms with E-state index in [0.717, 1.165) is 63.4 Å². The van der Waals surface area contributed by atoms with Crippen LogP contribution in [0.1, 0.15) is 143 Å². The number of carboxylic acids is 1. The Labute approximate surface area is 311 Å². The minimum atomic E-state index is -1.16. The summed E-state index contributed by atoms with van der Waals surface area (Å²) in [7, 11) is 1.86. The van der Waals surface area contributed by atoms with E-state index in [-0.39, 0.29) is 51.4 Å². The lowest BCUT2D eigenvalue weighted by molar-refractivity contribution is -0.233. The standard InChI is InChI=1S/C44H64N2O6/c1-27(2)35-30(47)25-44(22-24-46(10)37(49)29-13-11-12-23-45-29)21-20-42(8)28(36(35)44)14-15-32-41(7)18-17-33(52-34(48)26-39(3,4)38(50)51)40(5,6)31(41)16-19-43(32,42)9/h11-13,23,27-28,31-33H,14-22,24-26H2,1-10H3,(H,50,51)/t28-,31?,32?,33+,41+,42-,43-,44-/m1/s1. The summed E-state index contributed by atoms with van der Waals surface area (Å²) in [6.45, 7) is 20.4. The molecule has 0 radical (unpaired) electrons. The Kier molecular flexibility index (Phi) is 9.73. The highest BCUT2D eigenvalue weighted by atomic mass is 16.5. The number of rotatable bonds is 9. The third-order valence-corrected chi connectivity index (χ3v) is 16.1. The molecule has 1 N–H and O–H groups in total. The van der Waals surface area contributed by atoms with E-state index < -0.39 is 17.4 Å². The fraction of sp³-hybridized carbons (Fsp3) is 0.750. The van der Waals surface area contributed by atoms with Crippen LogP contribution in [0.2, 0.25) is 0 Å². The SMILES string of the molecule is CC(C)C1=C2[C@H]3CCC4[C@@]5(C)CC[C@H](OC(=O)CC(C)(C)C(=O)O)C(C)(C)C5CC[C@@]4(C)[C@]3(C)CC[C@@]2(CCN(C)C(=O)c2ccccn2)CC1=O. The number of aliphatic carboxylic acids is 1. The van der Waals surface area contributed by atoms with Crippen LogP contribution in [-0.4, -0.2) is 58.3 Å². The van der Waals surface area contributed by atoms with Crippen LogP contribution in [0.3, 0.4) is 0 Å². The van der Waals surface area contributed by atoms with Crippen LogP contribution < -0.4 is 0 Å². The Hall–Kier alpha value is -3.03. The van der Waals surface area contributed by atoms with Gasteiger partial charge in [0.25, 0.3) is 5.91 Å². The molecule has 8 heteroatoms. The summed E-state index contributed by atoms with van der Waals surface area (Å²) in [6.07, 6.45) is 10.8. The Morgan fingerprint density at radius 3 is 2.31 bits per heavy atom. The molecule has 5 aliphatic rings. The molecule has 1 aromatic rings. The highest BCUT2D eigenvalue weighted by molar-refractivity contribution is 6.00. The van der Waals surface area contributed by atoms with Gasteiger partial charge in [0, 0.05) is 37.0 Å². The second kappa shape index (κ2) is 13.1. The minimum Gasteiger partial charge on any atom is -0.481 e. The van der Waals surface area contributed by atoms with Crippen molar-refractivity contribution in [2.45, 2.75) is 139 Å². The molecule has 1 aromatic heterocycles. The fourth-order valence-electron chi connectivity index (χ4n) is 13.0. The van der Waals surface area contributed by atoms with Gasteiger partial charge in [-0.3, -0.25) is 24.2 Å². The molecule has 1 amide bonds. The molecule has 5 aliphatic carbocycles. The number of fused-ring (bicyclic) bond motifs is 7. The van der Waals surface area contributed by atoms with Crippen molar-refractivity contribution in [2.24, 2.45) is 56.2 Å². The zero-order valence-corrected chi connectivity index (χ0v) is 33.6. The maximum absolute atomic E-state index is 14.0. The molecule has 0 saturated heterocycles. The van der Waals surface area contributed by atoms with Crippen LogP contribution in [-0.2, 0) is 19.1 Å². The third kappa shape index (κ3) is 5.88. The maximum atomic E-state index is 14.0. The van der Waals surface area contributed by atoms with Gasteiger partial charge >= 0.3 is 11.9 Å². The average molecular weight is 717 g/mol. The van der Waals surface area contributed by atoms with Gasteiger partial charge in [0.1, 0.15) is 11.8 Å². The van der Waals surface area contributed by atoms with Gasteiger partial charge in [-0.1, -0.05) is 60.1 Å². The lowest BCUT2D eigenvalue weighted by atomic mass is 9.33. The molecule has 52 heavy (non-hydrogen) atoms. The fourth-order valence-corrected chi connectivity index (χ4v) is 13.0. The van der Waals surface area contributed by atoms with E-state index >= 15 is 0 Å². The number of esters is 1. The van der Waals surface area contributed by atoms with Crippen molar-refractivity contribution < 1.29 is 29.0 Å². The summed E-state index contributed by atoms with van der Waals surface area (Å²) >= 11 is 0. The van der Waals surface area contributed by atoms with Crippen LogP contribution >= 0.6 is 0 Å². The molecule has 8 atom stereocenters. The monoisotopic (exact) mass is 716 g/mol. The molecule has 1 heterocycles. The van der Waals surface area contributed by atoms with Crippen LogP contribution in [0, 0.1) is 56.2 Å². The van der Waals surface area contributed by atoms with Gasteiger partial charge in [0.2, 0.25) is 0 Å².